The quantitative estimate of drug-likeness (QED) is 0.922. The molecule has 2 heterocycles. The van der Waals surface area contributed by atoms with Gasteiger partial charge in [0.25, 0.3) is 0 Å². The maximum absolute atomic E-state index is 11.4. The van der Waals surface area contributed by atoms with Crippen molar-refractivity contribution >= 4 is 15.5 Å². The van der Waals surface area contributed by atoms with Crippen molar-refractivity contribution in [1.29, 1.82) is 0 Å². The van der Waals surface area contributed by atoms with E-state index in [0.29, 0.717) is 19.4 Å². The molecule has 112 valence electrons. The van der Waals surface area contributed by atoms with E-state index in [2.05, 4.69) is 15.4 Å². The topological polar surface area (TPSA) is 76.9 Å². The van der Waals surface area contributed by atoms with Crippen LogP contribution in [-0.4, -0.2) is 40.7 Å². The van der Waals surface area contributed by atoms with Gasteiger partial charge in [-0.05, 0) is 30.5 Å². The van der Waals surface area contributed by atoms with Gasteiger partial charge in [-0.3, -0.25) is 0 Å². The fourth-order valence-electron chi connectivity index (χ4n) is 2.48. The lowest BCUT2D eigenvalue weighted by atomic mass is 10.1. The zero-order chi connectivity index (χ0) is 14.7. The third kappa shape index (κ3) is 3.81. The number of aromatic nitrogens is 3. The molecular formula is C14H18N4O2S. The molecule has 2 aromatic rings. The highest BCUT2D eigenvalue weighted by Gasteiger charge is 2.23. The number of hydrogen-bond acceptors (Lipinski definition) is 5. The van der Waals surface area contributed by atoms with E-state index in [9.17, 15) is 8.42 Å². The van der Waals surface area contributed by atoms with Crippen LogP contribution in [0.1, 0.15) is 18.4 Å². The number of benzene rings is 1. The molecule has 0 unspecified atom stereocenters. The summed E-state index contributed by atoms with van der Waals surface area (Å²) in [5.41, 5.74) is 2.18. The monoisotopic (exact) mass is 306 g/mol. The van der Waals surface area contributed by atoms with Gasteiger partial charge in [-0.2, -0.15) is 5.10 Å². The van der Waals surface area contributed by atoms with Crippen molar-refractivity contribution in [3.8, 4) is 0 Å². The standard InChI is InChI=1S/C14H18N4O2S/c19-21(20)7-5-14(6-8-21)17-13-3-1-12(2-4-13)9-18-11-15-10-16-18/h1-4,10-11,14,17H,5-9H2. The van der Waals surface area contributed by atoms with Crippen molar-refractivity contribution in [2.75, 3.05) is 16.8 Å². The van der Waals surface area contributed by atoms with Gasteiger partial charge in [0.15, 0.2) is 0 Å². The zero-order valence-electron chi connectivity index (χ0n) is 11.6. The second-order valence-electron chi connectivity index (χ2n) is 5.36. The average molecular weight is 306 g/mol. The van der Waals surface area contributed by atoms with Gasteiger partial charge < -0.3 is 5.32 Å². The van der Waals surface area contributed by atoms with Crippen molar-refractivity contribution in [1.82, 2.24) is 14.8 Å². The van der Waals surface area contributed by atoms with Gasteiger partial charge in [0.1, 0.15) is 22.5 Å². The lowest BCUT2D eigenvalue weighted by Gasteiger charge is -2.24. The van der Waals surface area contributed by atoms with E-state index in [1.807, 2.05) is 24.3 Å². The molecule has 7 heteroatoms. The first-order chi connectivity index (χ1) is 10.1. The van der Waals surface area contributed by atoms with E-state index >= 15 is 0 Å². The fourth-order valence-corrected chi connectivity index (χ4v) is 3.97. The maximum Gasteiger partial charge on any atom is 0.150 e. The lowest BCUT2D eigenvalue weighted by Crippen LogP contribution is -2.32. The third-order valence-electron chi connectivity index (χ3n) is 3.69. The summed E-state index contributed by atoms with van der Waals surface area (Å²) in [6, 6.07) is 8.38. The summed E-state index contributed by atoms with van der Waals surface area (Å²) in [4.78, 5) is 3.92. The van der Waals surface area contributed by atoms with Crippen LogP contribution < -0.4 is 5.32 Å². The minimum atomic E-state index is -2.80. The van der Waals surface area contributed by atoms with Crippen molar-refractivity contribution in [2.24, 2.45) is 0 Å². The third-order valence-corrected chi connectivity index (χ3v) is 5.41. The van der Waals surface area contributed by atoms with Gasteiger partial charge in [-0.1, -0.05) is 12.1 Å². The molecule has 0 saturated carbocycles. The van der Waals surface area contributed by atoms with E-state index in [-0.39, 0.29) is 17.5 Å². The van der Waals surface area contributed by atoms with Gasteiger partial charge >= 0.3 is 0 Å². The van der Waals surface area contributed by atoms with Crippen molar-refractivity contribution in [2.45, 2.75) is 25.4 Å². The molecule has 1 aliphatic heterocycles. The molecule has 0 atom stereocenters. The van der Waals surface area contributed by atoms with Gasteiger partial charge in [-0.25, -0.2) is 18.1 Å². The molecule has 0 spiro atoms. The van der Waals surface area contributed by atoms with E-state index in [0.717, 1.165) is 11.3 Å². The van der Waals surface area contributed by atoms with Gasteiger partial charge in [0.2, 0.25) is 0 Å². The highest BCUT2D eigenvalue weighted by molar-refractivity contribution is 7.91. The Balaban J connectivity index is 1.57. The average Bonchev–Trinajstić information content (AvgIpc) is 2.96. The van der Waals surface area contributed by atoms with Crippen LogP contribution in [0.2, 0.25) is 0 Å². The van der Waals surface area contributed by atoms with Crippen LogP contribution in [-0.2, 0) is 16.4 Å². The summed E-state index contributed by atoms with van der Waals surface area (Å²) in [6.45, 7) is 0.696. The van der Waals surface area contributed by atoms with Crippen LogP contribution in [0.4, 0.5) is 5.69 Å². The second kappa shape index (κ2) is 5.85. The van der Waals surface area contributed by atoms with E-state index < -0.39 is 9.84 Å². The van der Waals surface area contributed by atoms with Crippen LogP contribution in [0.5, 0.6) is 0 Å². The van der Waals surface area contributed by atoms with E-state index in [4.69, 9.17) is 0 Å². The zero-order valence-corrected chi connectivity index (χ0v) is 12.5. The largest absolute Gasteiger partial charge is 0.382 e. The normalized spacial score (nSPS) is 18.5. The number of nitrogens with zero attached hydrogens (tertiary/aromatic N) is 3. The number of rotatable bonds is 4. The molecule has 21 heavy (non-hydrogen) atoms. The highest BCUT2D eigenvalue weighted by Crippen LogP contribution is 2.18. The van der Waals surface area contributed by atoms with Crippen molar-refractivity contribution in [3.05, 3.63) is 42.5 Å². The maximum atomic E-state index is 11.4. The first kappa shape index (κ1) is 14.1. The summed E-state index contributed by atoms with van der Waals surface area (Å²) in [5, 5.41) is 7.48. The molecule has 1 saturated heterocycles. The van der Waals surface area contributed by atoms with Crippen molar-refractivity contribution < 1.29 is 8.42 Å². The molecule has 1 aliphatic rings. The van der Waals surface area contributed by atoms with Crippen LogP contribution >= 0.6 is 0 Å². The first-order valence-electron chi connectivity index (χ1n) is 6.99. The van der Waals surface area contributed by atoms with Gasteiger partial charge in [0.05, 0.1) is 18.1 Å². The molecule has 3 rings (SSSR count). The van der Waals surface area contributed by atoms with Crippen LogP contribution in [0.3, 0.4) is 0 Å². The van der Waals surface area contributed by atoms with Crippen LogP contribution in [0.25, 0.3) is 0 Å². The minimum Gasteiger partial charge on any atom is -0.382 e. The van der Waals surface area contributed by atoms with Crippen molar-refractivity contribution in [3.63, 3.8) is 0 Å². The predicted octanol–water partition coefficient (Wildman–Crippen LogP) is 1.32. The number of anilines is 1. The Kier molecular flexibility index (Phi) is 3.92. The van der Waals surface area contributed by atoms with Crippen LogP contribution in [0.15, 0.2) is 36.9 Å². The Morgan fingerprint density at radius 3 is 2.52 bits per heavy atom. The van der Waals surface area contributed by atoms with E-state index in [1.54, 1.807) is 11.0 Å². The SMILES string of the molecule is O=S1(=O)CCC(Nc2ccc(Cn3cncn3)cc2)CC1. The predicted molar refractivity (Wildman–Crippen MR) is 80.9 cm³/mol. The summed E-state index contributed by atoms with van der Waals surface area (Å²) in [6.07, 6.45) is 4.58. The Bertz CT molecular complexity index is 666. The summed E-state index contributed by atoms with van der Waals surface area (Å²) in [7, 11) is -2.80. The molecule has 1 aromatic carbocycles. The number of nitrogens with one attached hydrogen (secondary N) is 1. The Labute approximate surface area is 124 Å². The summed E-state index contributed by atoms with van der Waals surface area (Å²) >= 11 is 0. The Hall–Kier alpha value is -1.89. The van der Waals surface area contributed by atoms with Crippen LogP contribution in [0, 0.1) is 0 Å². The highest BCUT2D eigenvalue weighted by atomic mass is 32.2. The molecule has 0 radical (unpaired) electrons. The summed E-state index contributed by atoms with van der Waals surface area (Å²) < 4.78 is 24.6. The first-order valence-corrected chi connectivity index (χ1v) is 8.81. The second-order valence-corrected chi connectivity index (χ2v) is 7.66. The minimum absolute atomic E-state index is 0.245. The molecule has 1 fully saturated rings. The molecule has 1 aromatic heterocycles. The number of hydrogen-bond donors (Lipinski definition) is 1. The van der Waals surface area contributed by atoms with E-state index in [1.165, 1.54) is 6.33 Å². The smallest absolute Gasteiger partial charge is 0.150 e. The molecule has 1 N–H and O–H groups in total. The molecule has 0 aliphatic carbocycles. The number of sulfone groups is 1. The summed E-state index contributed by atoms with van der Waals surface area (Å²) in [5.74, 6) is 0.574. The molecular weight excluding hydrogens is 288 g/mol. The molecule has 6 nitrogen and oxygen atoms in total. The fraction of sp³-hybridized carbons (Fsp3) is 0.429. The van der Waals surface area contributed by atoms with Gasteiger partial charge in [-0.15, -0.1) is 0 Å². The lowest BCUT2D eigenvalue weighted by molar-refractivity contribution is 0.559. The molecule has 0 amide bonds. The Morgan fingerprint density at radius 1 is 1.19 bits per heavy atom. The molecule has 0 bridgehead atoms. The van der Waals surface area contributed by atoms with Gasteiger partial charge in [0, 0.05) is 11.7 Å². The Morgan fingerprint density at radius 2 is 1.90 bits per heavy atom.